The van der Waals surface area contributed by atoms with Crippen LogP contribution in [0, 0.1) is 5.92 Å². The first-order valence-corrected chi connectivity index (χ1v) is 3.38. The molecular weight excluding hydrogens is 128 g/mol. The highest BCUT2D eigenvalue weighted by molar-refractivity contribution is 5.74. The molecule has 0 radical (unpaired) electrons. The van der Waals surface area contributed by atoms with Crippen molar-refractivity contribution in [3.05, 3.63) is 11.9 Å². The predicted molar refractivity (Wildman–Crippen MR) is 40.3 cm³/mol. The van der Waals surface area contributed by atoms with E-state index < -0.39 is 0 Å². The molecule has 10 heavy (non-hydrogen) atoms. The van der Waals surface area contributed by atoms with Crippen molar-refractivity contribution in [3.8, 4) is 0 Å². The lowest BCUT2D eigenvalue weighted by Crippen LogP contribution is -2.18. The lowest BCUT2D eigenvalue weighted by molar-refractivity contribution is 0.216. The van der Waals surface area contributed by atoms with Crippen LogP contribution in [0.3, 0.4) is 0 Å². The van der Waals surface area contributed by atoms with E-state index in [2.05, 4.69) is 24.3 Å². The zero-order valence-electron chi connectivity index (χ0n) is 6.51. The van der Waals surface area contributed by atoms with Crippen LogP contribution in [-0.2, 0) is 4.84 Å². The quantitative estimate of drug-likeness (QED) is 0.597. The monoisotopic (exact) mass is 140 g/mol. The second-order valence-electron chi connectivity index (χ2n) is 2.57. The molecule has 1 aliphatic rings. The van der Waals surface area contributed by atoms with Gasteiger partial charge in [0.15, 0.2) is 0 Å². The summed E-state index contributed by atoms with van der Waals surface area (Å²) < 4.78 is 0. The fourth-order valence-corrected chi connectivity index (χ4v) is 0.708. The van der Waals surface area contributed by atoms with Crippen LogP contribution < -0.4 is 5.48 Å². The number of aliphatic imine (C=N–C) groups is 1. The van der Waals surface area contributed by atoms with Gasteiger partial charge in [0, 0.05) is 6.92 Å². The number of hydrogen-bond acceptors (Lipinski definition) is 3. The molecule has 3 nitrogen and oxygen atoms in total. The van der Waals surface area contributed by atoms with Crippen LogP contribution in [0.15, 0.2) is 16.9 Å². The van der Waals surface area contributed by atoms with Gasteiger partial charge in [-0.05, 0) is 5.92 Å². The number of rotatable bonds is 1. The molecule has 3 heteroatoms. The van der Waals surface area contributed by atoms with Crippen molar-refractivity contribution in [3.63, 3.8) is 0 Å². The van der Waals surface area contributed by atoms with Crippen molar-refractivity contribution in [1.29, 1.82) is 0 Å². The first kappa shape index (κ1) is 7.12. The summed E-state index contributed by atoms with van der Waals surface area (Å²) in [5.74, 6) is 1.12. The van der Waals surface area contributed by atoms with Crippen LogP contribution >= 0.6 is 0 Å². The van der Waals surface area contributed by atoms with Gasteiger partial charge in [0.1, 0.15) is 0 Å². The van der Waals surface area contributed by atoms with Crippen LogP contribution in [0.5, 0.6) is 0 Å². The first-order valence-electron chi connectivity index (χ1n) is 3.38. The summed E-state index contributed by atoms with van der Waals surface area (Å²) in [6.45, 7) is 6.01. The standard InChI is InChI=1S/C7H12N2O/c1-5(2)7-4-8-10-6(3)9-7/h4-5,8H,1-3H3. The van der Waals surface area contributed by atoms with E-state index in [1.54, 1.807) is 6.20 Å². The highest BCUT2D eigenvalue weighted by Crippen LogP contribution is 2.12. The van der Waals surface area contributed by atoms with E-state index in [9.17, 15) is 0 Å². The largest absolute Gasteiger partial charge is 0.367 e. The van der Waals surface area contributed by atoms with Crippen LogP contribution in [0.25, 0.3) is 0 Å². The highest BCUT2D eigenvalue weighted by Gasteiger charge is 2.06. The molecule has 0 saturated carbocycles. The molecule has 0 bridgehead atoms. The summed E-state index contributed by atoms with van der Waals surface area (Å²) >= 11 is 0. The lowest BCUT2D eigenvalue weighted by Gasteiger charge is -2.13. The molecule has 0 spiro atoms. The van der Waals surface area contributed by atoms with E-state index in [4.69, 9.17) is 4.84 Å². The Morgan fingerprint density at radius 3 is 2.70 bits per heavy atom. The molecule has 0 unspecified atom stereocenters. The van der Waals surface area contributed by atoms with Crippen molar-refractivity contribution in [2.24, 2.45) is 10.9 Å². The van der Waals surface area contributed by atoms with Gasteiger partial charge < -0.3 is 4.84 Å². The van der Waals surface area contributed by atoms with E-state index in [0.717, 1.165) is 5.70 Å². The van der Waals surface area contributed by atoms with Gasteiger partial charge in [-0.3, -0.25) is 0 Å². The number of hydrogen-bond donors (Lipinski definition) is 1. The Kier molecular flexibility index (Phi) is 1.94. The van der Waals surface area contributed by atoms with E-state index in [1.807, 2.05) is 6.92 Å². The van der Waals surface area contributed by atoms with E-state index in [-0.39, 0.29) is 0 Å². The lowest BCUT2D eigenvalue weighted by atomic mass is 10.1. The molecule has 0 atom stereocenters. The van der Waals surface area contributed by atoms with Crippen molar-refractivity contribution in [1.82, 2.24) is 5.48 Å². The molecule has 1 N–H and O–H groups in total. The highest BCUT2D eigenvalue weighted by atomic mass is 16.7. The minimum Gasteiger partial charge on any atom is -0.367 e. The van der Waals surface area contributed by atoms with Gasteiger partial charge in [0.05, 0.1) is 11.9 Å². The Balaban J connectivity index is 2.69. The van der Waals surface area contributed by atoms with Gasteiger partial charge in [0.25, 0.3) is 0 Å². The molecule has 0 fully saturated rings. The molecule has 0 aliphatic carbocycles. The first-order chi connectivity index (χ1) is 4.70. The van der Waals surface area contributed by atoms with Crippen molar-refractivity contribution < 1.29 is 4.84 Å². The zero-order chi connectivity index (χ0) is 7.56. The number of nitrogens with zero attached hydrogens (tertiary/aromatic N) is 1. The average Bonchev–Trinajstić information content (AvgIpc) is 1.88. The van der Waals surface area contributed by atoms with Crippen LogP contribution in [-0.4, -0.2) is 5.90 Å². The minimum absolute atomic E-state index is 0.450. The maximum absolute atomic E-state index is 4.88. The Labute approximate surface area is 60.7 Å². The zero-order valence-corrected chi connectivity index (χ0v) is 6.51. The molecule has 0 aromatic heterocycles. The second-order valence-corrected chi connectivity index (χ2v) is 2.57. The molecule has 0 amide bonds. The van der Waals surface area contributed by atoms with Gasteiger partial charge >= 0.3 is 0 Å². The SMILES string of the molecule is CC1=NC(C(C)C)=CNO1. The topological polar surface area (TPSA) is 33.6 Å². The summed E-state index contributed by atoms with van der Waals surface area (Å²) in [4.78, 5) is 9.06. The van der Waals surface area contributed by atoms with Crippen LogP contribution in [0.1, 0.15) is 20.8 Å². The third-order valence-corrected chi connectivity index (χ3v) is 1.29. The third-order valence-electron chi connectivity index (χ3n) is 1.29. The summed E-state index contributed by atoms with van der Waals surface area (Å²) in [5.41, 5.74) is 3.70. The number of nitrogens with one attached hydrogen (secondary N) is 1. The van der Waals surface area contributed by atoms with Crippen LogP contribution in [0.4, 0.5) is 0 Å². The van der Waals surface area contributed by atoms with Crippen LogP contribution in [0.2, 0.25) is 0 Å². The Bertz CT molecular complexity index is 182. The molecule has 0 aromatic rings. The van der Waals surface area contributed by atoms with Gasteiger partial charge in [0.2, 0.25) is 5.90 Å². The van der Waals surface area contributed by atoms with E-state index >= 15 is 0 Å². The molecule has 0 aromatic carbocycles. The van der Waals surface area contributed by atoms with Crippen molar-refractivity contribution in [2.75, 3.05) is 0 Å². The molecule has 1 rings (SSSR count). The summed E-state index contributed by atoms with van der Waals surface area (Å²) in [7, 11) is 0. The summed E-state index contributed by atoms with van der Waals surface area (Å²) in [6, 6.07) is 0. The maximum Gasteiger partial charge on any atom is 0.218 e. The van der Waals surface area contributed by atoms with Gasteiger partial charge in [-0.15, -0.1) is 0 Å². The number of allylic oxidation sites excluding steroid dienone is 1. The fraction of sp³-hybridized carbons (Fsp3) is 0.571. The van der Waals surface area contributed by atoms with Gasteiger partial charge in [-0.25, -0.2) is 10.5 Å². The van der Waals surface area contributed by atoms with E-state index in [1.165, 1.54) is 0 Å². The minimum atomic E-state index is 0.450. The van der Waals surface area contributed by atoms with E-state index in [0.29, 0.717) is 11.8 Å². The summed E-state index contributed by atoms with van der Waals surface area (Å²) in [5, 5.41) is 0. The van der Waals surface area contributed by atoms with Crippen molar-refractivity contribution in [2.45, 2.75) is 20.8 Å². The average molecular weight is 140 g/mol. The predicted octanol–water partition coefficient (Wildman–Crippen LogP) is 1.44. The van der Waals surface area contributed by atoms with Gasteiger partial charge in [-0.1, -0.05) is 13.8 Å². The Morgan fingerprint density at radius 1 is 1.60 bits per heavy atom. The Hall–Kier alpha value is -0.990. The molecule has 1 heterocycles. The maximum atomic E-state index is 4.88. The normalized spacial score (nSPS) is 17.2. The fourth-order valence-electron chi connectivity index (χ4n) is 0.708. The molecule has 1 aliphatic heterocycles. The third kappa shape index (κ3) is 1.50. The molecule has 0 saturated heterocycles. The smallest absolute Gasteiger partial charge is 0.218 e. The molecular formula is C7H12N2O. The van der Waals surface area contributed by atoms with Gasteiger partial charge in [-0.2, -0.15) is 0 Å². The Morgan fingerprint density at radius 2 is 2.30 bits per heavy atom. The summed E-state index contributed by atoms with van der Waals surface area (Å²) in [6.07, 6.45) is 1.78. The molecule has 56 valence electrons. The number of hydroxylamine groups is 1. The van der Waals surface area contributed by atoms with Crippen molar-refractivity contribution >= 4 is 5.90 Å². The second kappa shape index (κ2) is 2.73.